The number of likely N-dealkylation sites (N-methyl/N-ethyl adjacent to an activating group) is 1. The number of carbonyl (C=O) groups is 1. The lowest BCUT2D eigenvalue weighted by molar-refractivity contribution is -0.117. The van der Waals surface area contributed by atoms with E-state index in [1.54, 1.807) is 7.05 Å². The molecule has 19 heavy (non-hydrogen) atoms. The second-order valence-electron chi connectivity index (χ2n) is 4.91. The van der Waals surface area contributed by atoms with E-state index >= 15 is 0 Å². The second-order valence-corrected chi connectivity index (χ2v) is 6.82. The number of thioether (sulfide) groups is 1. The lowest BCUT2D eigenvalue weighted by atomic mass is 10.1. The molecule has 2 atom stereocenters. The van der Waals surface area contributed by atoms with Gasteiger partial charge in [-0.05, 0) is 41.0 Å². The molecule has 2 rings (SSSR count). The van der Waals surface area contributed by atoms with Gasteiger partial charge in [0.1, 0.15) is 6.04 Å². The van der Waals surface area contributed by atoms with Gasteiger partial charge < -0.3 is 10.6 Å². The van der Waals surface area contributed by atoms with E-state index in [4.69, 9.17) is 0 Å². The normalized spacial score (nSPS) is 19.2. The summed E-state index contributed by atoms with van der Waals surface area (Å²) in [5.41, 5.74) is 1.95. The van der Waals surface area contributed by atoms with Crippen LogP contribution in [-0.2, 0) is 4.79 Å². The van der Waals surface area contributed by atoms with Crippen LogP contribution in [0.3, 0.4) is 0 Å². The van der Waals surface area contributed by atoms with Crippen LogP contribution in [-0.4, -0.2) is 18.7 Å². The summed E-state index contributed by atoms with van der Waals surface area (Å²) in [6, 6.07) is 3.88. The molecule has 1 amide bonds. The third-order valence-electron chi connectivity index (χ3n) is 3.44. The fourth-order valence-corrected chi connectivity index (χ4v) is 3.81. The van der Waals surface area contributed by atoms with Crippen molar-refractivity contribution < 1.29 is 4.79 Å². The molecule has 2 N–H and O–H groups in total. The number of halogens is 1. The molecule has 0 bridgehead atoms. The van der Waals surface area contributed by atoms with Crippen LogP contribution in [0.5, 0.6) is 0 Å². The first-order chi connectivity index (χ1) is 9.06. The number of hydrogen-bond acceptors (Lipinski definition) is 3. The highest BCUT2D eigenvalue weighted by molar-refractivity contribution is 9.10. The first kappa shape index (κ1) is 14.9. The number of anilines is 1. The number of carbonyl (C=O) groups excluding carboxylic acids is 1. The second kappa shape index (κ2) is 6.29. The van der Waals surface area contributed by atoms with Crippen molar-refractivity contribution in [3.05, 3.63) is 22.2 Å². The van der Waals surface area contributed by atoms with Gasteiger partial charge in [-0.1, -0.05) is 20.3 Å². The molecule has 1 aliphatic rings. The van der Waals surface area contributed by atoms with Crippen LogP contribution < -0.4 is 10.6 Å². The summed E-state index contributed by atoms with van der Waals surface area (Å²) in [5.74, 6) is 1.82. The van der Waals surface area contributed by atoms with Gasteiger partial charge in [-0.15, -0.1) is 11.8 Å². The van der Waals surface area contributed by atoms with Crippen LogP contribution in [0.1, 0.15) is 31.9 Å². The van der Waals surface area contributed by atoms with Gasteiger partial charge in [-0.25, -0.2) is 0 Å². The van der Waals surface area contributed by atoms with Gasteiger partial charge in [-0.3, -0.25) is 4.79 Å². The largest absolute Gasteiger partial charge is 0.324 e. The van der Waals surface area contributed by atoms with E-state index in [-0.39, 0.29) is 11.9 Å². The van der Waals surface area contributed by atoms with E-state index < -0.39 is 0 Å². The number of fused-ring (bicyclic) bond motifs is 1. The molecule has 1 aromatic carbocycles. The minimum Gasteiger partial charge on any atom is -0.324 e. The highest BCUT2D eigenvalue weighted by atomic mass is 79.9. The maximum atomic E-state index is 11.8. The summed E-state index contributed by atoms with van der Waals surface area (Å²) in [6.45, 7) is 4.47. The van der Waals surface area contributed by atoms with Crippen LogP contribution >= 0.6 is 27.7 Å². The van der Waals surface area contributed by atoms with Crippen molar-refractivity contribution in [2.75, 3.05) is 18.1 Å². The Bertz CT molecular complexity index is 493. The van der Waals surface area contributed by atoms with Gasteiger partial charge >= 0.3 is 0 Å². The number of nitrogens with one attached hydrogen (secondary N) is 2. The first-order valence-electron chi connectivity index (χ1n) is 6.51. The SMILES string of the molecule is CCC(C)CSc1cc2c(cc1Br)C(NC)C(=O)N2. The van der Waals surface area contributed by atoms with Crippen molar-refractivity contribution in [2.45, 2.75) is 31.2 Å². The molecule has 2 unspecified atom stereocenters. The van der Waals surface area contributed by atoms with E-state index in [1.807, 2.05) is 17.8 Å². The molecule has 0 spiro atoms. The number of rotatable bonds is 5. The lowest BCUT2D eigenvalue weighted by Gasteiger charge is -2.12. The molecular weight excluding hydrogens is 324 g/mol. The Balaban J connectivity index is 2.21. The molecule has 0 saturated carbocycles. The standard InChI is InChI=1S/C14H19BrN2OS/c1-4-8(2)7-19-12-6-11-9(5-10(12)15)13(16-3)14(18)17-11/h5-6,8,13,16H,4,7H2,1-3H3,(H,17,18). The zero-order valence-corrected chi connectivity index (χ0v) is 13.8. The van der Waals surface area contributed by atoms with Crippen LogP contribution in [0.15, 0.2) is 21.5 Å². The average molecular weight is 343 g/mol. The molecule has 0 saturated heterocycles. The molecule has 0 aromatic heterocycles. The fraction of sp³-hybridized carbons (Fsp3) is 0.500. The van der Waals surface area contributed by atoms with Crippen molar-refractivity contribution >= 4 is 39.3 Å². The lowest BCUT2D eigenvalue weighted by Crippen LogP contribution is -2.23. The number of amides is 1. The molecule has 3 nitrogen and oxygen atoms in total. The highest BCUT2D eigenvalue weighted by Gasteiger charge is 2.30. The molecular formula is C14H19BrN2OS. The van der Waals surface area contributed by atoms with Crippen molar-refractivity contribution in [2.24, 2.45) is 5.92 Å². The van der Waals surface area contributed by atoms with Gasteiger partial charge in [0.15, 0.2) is 0 Å². The van der Waals surface area contributed by atoms with Gasteiger partial charge in [0.25, 0.3) is 0 Å². The topological polar surface area (TPSA) is 41.1 Å². The first-order valence-corrected chi connectivity index (χ1v) is 8.29. The molecule has 0 radical (unpaired) electrons. The summed E-state index contributed by atoms with van der Waals surface area (Å²) < 4.78 is 1.07. The van der Waals surface area contributed by atoms with Crippen molar-refractivity contribution in [3.8, 4) is 0 Å². The van der Waals surface area contributed by atoms with Gasteiger partial charge in [-0.2, -0.15) is 0 Å². The molecule has 5 heteroatoms. The molecule has 0 fully saturated rings. The number of benzene rings is 1. The Kier molecular flexibility index (Phi) is 4.92. The molecule has 0 aliphatic carbocycles. The van der Waals surface area contributed by atoms with Crippen LogP contribution in [0, 0.1) is 5.92 Å². The summed E-state index contributed by atoms with van der Waals surface area (Å²) in [7, 11) is 1.80. The smallest absolute Gasteiger partial charge is 0.246 e. The van der Waals surface area contributed by atoms with Crippen molar-refractivity contribution in [1.29, 1.82) is 0 Å². The highest BCUT2D eigenvalue weighted by Crippen LogP contribution is 2.39. The predicted octanol–water partition coefficient (Wildman–Crippen LogP) is 3.80. The Morgan fingerprint density at radius 3 is 2.89 bits per heavy atom. The summed E-state index contributed by atoms with van der Waals surface area (Å²) >= 11 is 5.45. The third kappa shape index (κ3) is 3.15. The monoisotopic (exact) mass is 342 g/mol. The Morgan fingerprint density at radius 2 is 2.26 bits per heavy atom. The van der Waals surface area contributed by atoms with E-state index in [1.165, 1.54) is 11.3 Å². The molecule has 1 aromatic rings. The van der Waals surface area contributed by atoms with E-state index in [0.717, 1.165) is 21.5 Å². The predicted molar refractivity (Wildman–Crippen MR) is 84.8 cm³/mol. The molecule has 104 valence electrons. The van der Waals surface area contributed by atoms with Gasteiger partial charge in [0.05, 0.1) is 0 Å². The zero-order valence-electron chi connectivity index (χ0n) is 11.4. The van der Waals surface area contributed by atoms with Crippen LogP contribution in [0.4, 0.5) is 5.69 Å². The minimum atomic E-state index is -0.236. The Hall–Kier alpha value is -0.520. The fourth-order valence-electron chi connectivity index (χ4n) is 2.01. The van der Waals surface area contributed by atoms with Crippen molar-refractivity contribution in [1.82, 2.24) is 5.32 Å². The van der Waals surface area contributed by atoms with E-state index in [2.05, 4.69) is 46.5 Å². The minimum absolute atomic E-state index is 0.0217. The van der Waals surface area contributed by atoms with Crippen molar-refractivity contribution in [3.63, 3.8) is 0 Å². The third-order valence-corrected chi connectivity index (χ3v) is 5.75. The Labute approximate surface area is 127 Å². The van der Waals surface area contributed by atoms with E-state index in [0.29, 0.717) is 5.92 Å². The van der Waals surface area contributed by atoms with Gasteiger partial charge in [0, 0.05) is 26.4 Å². The summed E-state index contributed by atoms with van der Waals surface area (Å²) in [6.07, 6.45) is 1.19. The maximum Gasteiger partial charge on any atom is 0.246 e. The van der Waals surface area contributed by atoms with Crippen LogP contribution in [0.2, 0.25) is 0 Å². The number of hydrogen-bond donors (Lipinski definition) is 2. The molecule has 1 heterocycles. The van der Waals surface area contributed by atoms with Gasteiger partial charge in [0.2, 0.25) is 5.91 Å². The zero-order chi connectivity index (χ0) is 14.0. The summed E-state index contributed by atoms with van der Waals surface area (Å²) in [4.78, 5) is 13.0. The van der Waals surface area contributed by atoms with E-state index in [9.17, 15) is 4.79 Å². The molecule has 1 aliphatic heterocycles. The quantitative estimate of drug-likeness (QED) is 0.799. The van der Waals surface area contributed by atoms with Crippen LogP contribution in [0.25, 0.3) is 0 Å². The average Bonchev–Trinajstić information content (AvgIpc) is 2.70. The summed E-state index contributed by atoms with van der Waals surface area (Å²) in [5, 5.41) is 5.97. The maximum absolute atomic E-state index is 11.8. The Morgan fingerprint density at radius 1 is 1.53 bits per heavy atom.